The molecule has 194 valence electrons. The first-order valence-corrected chi connectivity index (χ1v) is 12.3. The maximum Gasteiger partial charge on any atom is 0.419 e. The molecule has 1 aromatic heterocycles. The number of aliphatic hydroxyl groups is 1. The van der Waals surface area contributed by atoms with E-state index in [-0.39, 0.29) is 23.4 Å². The molecular weight excluding hydrogens is 478 g/mol. The Kier molecular flexibility index (Phi) is 6.63. The Labute approximate surface area is 206 Å². The second kappa shape index (κ2) is 9.59. The first-order chi connectivity index (χ1) is 17.1. The monoisotopic (exact) mass is 507 g/mol. The number of hydrogen-bond donors (Lipinski definition) is 2. The summed E-state index contributed by atoms with van der Waals surface area (Å²) in [4.78, 5) is 26.2. The lowest BCUT2D eigenvalue weighted by molar-refractivity contribution is -0.140. The van der Waals surface area contributed by atoms with E-state index in [1.54, 1.807) is 4.90 Å². The standard InChI is InChI=1S/C25H29F4N5O2/c1-14-11-19(35)22-20(14)23(32-13-31-22)33-7-9-34(10-8-33)24(36)21(18-3-2-6-30-18)15-4-5-16(17(26)12-15)25(27,28)29/h4-5,12-14,18-19,21,30,35H,2-3,6-11H2,1H3/t14-,18+,19+,21+/m1/s1. The van der Waals surface area contributed by atoms with Gasteiger partial charge in [0.15, 0.2) is 0 Å². The van der Waals surface area contributed by atoms with Crippen LogP contribution in [0.4, 0.5) is 23.4 Å². The van der Waals surface area contributed by atoms with Gasteiger partial charge in [-0.25, -0.2) is 14.4 Å². The summed E-state index contributed by atoms with van der Waals surface area (Å²) in [5.41, 5.74) is 0.520. The highest BCUT2D eigenvalue weighted by Gasteiger charge is 2.39. The highest BCUT2D eigenvalue weighted by atomic mass is 19.4. The minimum absolute atomic E-state index is 0.123. The van der Waals surface area contributed by atoms with Gasteiger partial charge < -0.3 is 20.2 Å². The second-order valence-corrected chi connectivity index (χ2v) is 9.88. The Morgan fingerprint density at radius 1 is 1.19 bits per heavy atom. The van der Waals surface area contributed by atoms with E-state index in [0.29, 0.717) is 51.3 Å². The number of alkyl halides is 3. The lowest BCUT2D eigenvalue weighted by Gasteiger charge is -2.39. The Morgan fingerprint density at radius 2 is 1.94 bits per heavy atom. The Hall–Kier alpha value is -2.79. The van der Waals surface area contributed by atoms with Crippen molar-refractivity contribution in [3.8, 4) is 0 Å². The summed E-state index contributed by atoms with van der Waals surface area (Å²) in [7, 11) is 0. The number of halogens is 4. The topological polar surface area (TPSA) is 81.6 Å². The van der Waals surface area contributed by atoms with Crippen LogP contribution < -0.4 is 10.2 Å². The number of carbonyl (C=O) groups is 1. The van der Waals surface area contributed by atoms with Gasteiger partial charge in [-0.15, -0.1) is 0 Å². The highest BCUT2D eigenvalue weighted by molar-refractivity contribution is 5.85. The summed E-state index contributed by atoms with van der Waals surface area (Å²) in [6, 6.07) is 2.54. The maximum atomic E-state index is 14.4. The number of nitrogens with one attached hydrogen (secondary N) is 1. The van der Waals surface area contributed by atoms with E-state index in [9.17, 15) is 27.5 Å². The van der Waals surface area contributed by atoms with E-state index in [1.807, 2.05) is 6.92 Å². The molecule has 1 aromatic carbocycles. The molecule has 4 atom stereocenters. The predicted octanol–water partition coefficient (Wildman–Crippen LogP) is 3.36. The average molecular weight is 508 g/mol. The fourth-order valence-electron chi connectivity index (χ4n) is 5.79. The average Bonchev–Trinajstić information content (AvgIpc) is 3.47. The van der Waals surface area contributed by atoms with Gasteiger partial charge in [0.1, 0.15) is 18.0 Å². The van der Waals surface area contributed by atoms with Crippen LogP contribution in [0.25, 0.3) is 0 Å². The molecule has 2 fully saturated rings. The van der Waals surface area contributed by atoms with Crippen molar-refractivity contribution in [2.45, 2.75) is 56.3 Å². The lowest BCUT2D eigenvalue weighted by atomic mass is 9.88. The molecule has 2 saturated heterocycles. The number of aromatic nitrogens is 2. The minimum atomic E-state index is -4.79. The number of aliphatic hydroxyl groups excluding tert-OH is 1. The molecular formula is C25H29F4N5O2. The fraction of sp³-hybridized carbons (Fsp3) is 0.560. The molecule has 5 rings (SSSR count). The van der Waals surface area contributed by atoms with Gasteiger partial charge in [-0.1, -0.05) is 13.0 Å². The number of piperazine rings is 1. The number of hydrogen-bond acceptors (Lipinski definition) is 6. The highest BCUT2D eigenvalue weighted by Crippen LogP contribution is 2.43. The van der Waals surface area contributed by atoms with Crippen molar-refractivity contribution in [2.24, 2.45) is 0 Å². The fourth-order valence-corrected chi connectivity index (χ4v) is 5.79. The van der Waals surface area contributed by atoms with E-state index in [4.69, 9.17) is 0 Å². The van der Waals surface area contributed by atoms with Crippen molar-refractivity contribution >= 4 is 11.7 Å². The van der Waals surface area contributed by atoms with E-state index in [0.717, 1.165) is 29.9 Å². The second-order valence-electron chi connectivity index (χ2n) is 9.88. The molecule has 3 aliphatic rings. The minimum Gasteiger partial charge on any atom is -0.387 e. The van der Waals surface area contributed by atoms with Crippen LogP contribution in [-0.4, -0.2) is 64.6 Å². The largest absolute Gasteiger partial charge is 0.419 e. The molecule has 7 nitrogen and oxygen atoms in total. The van der Waals surface area contributed by atoms with Crippen LogP contribution >= 0.6 is 0 Å². The van der Waals surface area contributed by atoms with Crippen LogP contribution in [0.3, 0.4) is 0 Å². The first-order valence-electron chi connectivity index (χ1n) is 12.3. The zero-order chi connectivity index (χ0) is 25.6. The third kappa shape index (κ3) is 4.54. The van der Waals surface area contributed by atoms with Gasteiger partial charge in [0, 0.05) is 37.8 Å². The molecule has 0 radical (unpaired) electrons. The van der Waals surface area contributed by atoms with Crippen molar-refractivity contribution in [3.05, 3.63) is 52.7 Å². The van der Waals surface area contributed by atoms with Crippen molar-refractivity contribution in [3.63, 3.8) is 0 Å². The number of nitrogens with zero attached hydrogens (tertiary/aromatic N) is 4. The molecule has 0 unspecified atom stereocenters. The number of rotatable bonds is 4. The molecule has 0 spiro atoms. The Bertz CT molecular complexity index is 1130. The molecule has 1 amide bonds. The molecule has 1 aliphatic carbocycles. The van der Waals surface area contributed by atoms with Crippen LogP contribution in [-0.2, 0) is 11.0 Å². The molecule has 2 N–H and O–H groups in total. The smallest absolute Gasteiger partial charge is 0.387 e. The van der Waals surface area contributed by atoms with E-state index in [1.165, 1.54) is 12.4 Å². The number of benzene rings is 1. The molecule has 0 saturated carbocycles. The Balaban J connectivity index is 1.35. The normalized spacial score (nSPS) is 25.2. The van der Waals surface area contributed by atoms with Crippen molar-refractivity contribution < 1.29 is 27.5 Å². The summed E-state index contributed by atoms with van der Waals surface area (Å²) in [6.07, 6.45) is -1.82. The van der Waals surface area contributed by atoms with Gasteiger partial charge in [0.05, 0.1) is 23.3 Å². The SMILES string of the molecule is C[C@@H]1C[C@H](O)c2ncnc(N3CCN(C(=O)[C@@H](c4ccc(C(F)(F)F)c(F)c4)[C@@H]4CCCN4)CC3)c21. The molecule has 0 bridgehead atoms. The zero-order valence-electron chi connectivity index (χ0n) is 19.9. The lowest BCUT2D eigenvalue weighted by Crippen LogP contribution is -2.52. The van der Waals surface area contributed by atoms with E-state index >= 15 is 0 Å². The van der Waals surface area contributed by atoms with Crippen molar-refractivity contribution in [2.75, 3.05) is 37.6 Å². The summed E-state index contributed by atoms with van der Waals surface area (Å²) < 4.78 is 53.6. The van der Waals surface area contributed by atoms with Crippen LogP contribution in [0, 0.1) is 5.82 Å². The van der Waals surface area contributed by atoms with Crippen LogP contribution in [0.15, 0.2) is 24.5 Å². The summed E-state index contributed by atoms with van der Waals surface area (Å²) >= 11 is 0. The van der Waals surface area contributed by atoms with Gasteiger partial charge >= 0.3 is 6.18 Å². The molecule has 2 aliphatic heterocycles. The van der Waals surface area contributed by atoms with Gasteiger partial charge in [-0.2, -0.15) is 13.2 Å². The number of carbonyl (C=O) groups excluding carboxylic acids is 1. The summed E-state index contributed by atoms with van der Waals surface area (Å²) in [6.45, 7) is 4.58. The first kappa shape index (κ1) is 24.9. The van der Waals surface area contributed by atoms with Gasteiger partial charge in [-0.05, 0) is 49.4 Å². The molecule has 2 aromatic rings. The van der Waals surface area contributed by atoms with Gasteiger partial charge in [-0.3, -0.25) is 4.79 Å². The third-order valence-corrected chi connectivity index (χ3v) is 7.59. The number of fused-ring (bicyclic) bond motifs is 1. The third-order valence-electron chi connectivity index (χ3n) is 7.59. The zero-order valence-corrected chi connectivity index (χ0v) is 19.9. The van der Waals surface area contributed by atoms with Gasteiger partial charge in [0.2, 0.25) is 5.91 Å². The van der Waals surface area contributed by atoms with Gasteiger partial charge in [0.25, 0.3) is 0 Å². The predicted molar refractivity (Wildman–Crippen MR) is 124 cm³/mol. The molecule has 36 heavy (non-hydrogen) atoms. The Morgan fingerprint density at radius 3 is 2.58 bits per heavy atom. The maximum absolute atomic E-state index is 14.4. The van der Waals surface area contributed by atoms with Crippen LogP contribution in [0.5, 0.6) is 0 Å². The van der Waals surface area contributed by atoms with Crippen molar-refractivity contribution in [1.29, 1.82) is 0 Å². The summed E-state index contributed by atoms with van der Waals surface area (Å²) in [5, 5.41) is 13.6. The number of anilines is 1. The summed E-state index contributed by atoms with van der Waals surface area (Å²) in [5.74, 6) is -1.46. The molecule has 3 heterocycles. The molecule has 11 heteroatoms. The number of amides is 1. The van der Waals surface area contributed by atoms with E-state index < -0.39 is 29.6 Å². The van der Waals surface area contributed by atoms with Crippen LogP contribution in [0.1, 0.15) is 66.5 Å². The van der Waals surface area contributed by atoms with E-state index in [2.05, 4.69) is 20.2 Å². The quantitative estimate of drug-likeness (QED) is 0.618. The van der Waals surface area contributed by atoms with Crippen LogP contribution in [0.2, 0.25) is 0 Å². The van der Waals surface area contributed by atoms with Crippen molar-refractivity contribution in [1.82, 2.24) is 20.2 Å².